The summed E-state index contributed by atoms with van der Waals surface area (Å²) in [4.78, 5) is 12.9. The van der Waals surface area contributed by atoms with Crippen LogP contribution in [0.2, 0.25) is 0 Å². The van der Waals surface area contributed by atoms with E-state index in [1.807, 2.05) is 18.2 Å². The Morgan fingerprint density at radius 2 is 1.62 bits per heavy atom. The molecule has 2 aromatic carbocycles. The summed E-state index contributed by atoms with van der Waals surface area (Å²) in [5, 5.41) is 8.64. The molecule has 0 bridgehead atoms. The number of hydrogen-bond acceptors (Lipinski definition) is 4. The molecule has 5 nitrogen and oxygen atoms in total. The summed E-state index contributed by atoms with van der Waals surface area (Å²) in [5.74, 6) is -0.0619. The Morgan fingerprint density at radius 1 is 1.00 bits per heavy atom. The molecule has 0 aromatic heterocycles. The van der Waals surface area contributed by atoms with E-state index in [1.54, 1.807) is 7.11 Å². The van der Waals surface area contributed by atoms with Crippen molar-refractivity contribution in [2.45, 2.75) is 12.8 Å². The lowest BCUT2D eigenvalue weighted by Crippen LogP contribution is -2.34. The van der Waals surface area contributed by atoms with Gasteiger partial charge in [-0.1, -0.05) is 48.0 Å². The summed E-state index contributed by atoms with van der Waals surface area (Å²) in [7, 11) is 1.68. The second-order valence-electron chi connectivity index (χ2n) is 6.86. The maximum atomic E-state index is 10.5. The second kappa shape index (κ2) is 11.6. The highest BCUT2D eigenvalue weighted by atomic mass is 35.5. The van der Waals surface area contributed by atoms with Gasteiger partial charge in [-0.25, -0.2) is 4.79 Å². The number of rotatable bonds is 8. The van der Waals surface area contributed by atoms with E-state index in [-0.39, 0.29) is 19.0 Å². The maximum absolute atomic E-state index is 10.5. The van der Waals surface area contributed by atoms with Crippen LogP contribution >= 0.6 is 12.4 Å². The molecule has 1 fully saturated rings. The van der Waals surface area contributed by atoms with E-state index < -0.39 is 5.97 Å². The van der Waals surface area contributed by atoms with Gasteiger partial charge in [-0.05, 0) is 41.7 Å². The molecular formula is C23H28ClNO4. The van der Waals surface area contributed by atoms with Gasteiger partial charge in [0.2, 0.25) is 0 Å². The van der Waals surface area contributed by atoms with Crippen molar-refractivity contribution in [3.8, 4) is 5.75 Å². The molecule has 2 aromatic rings. The van der Waals surface area contributed by atoms with Gasteiger partial charge in [0.05, 0.1) is 13.7 Å². The van der Waals surface area contributed by atoms with Crippen LogP contribution in [0.25, 0.3) is 5.57 Å². The molecule has 1 aliphatic heterocycles. The van der Waals surface area contributed by atoms with Crippen LogP contribution in [0.1, 0.15) is 24.0 Å². The van der Waals surface area contributed by atoms with Crippen LogP contribution in [0.15, 0.2) is 60.2 Å². The first-order valence-electron chi connectivity index (χ1n) is 9.61. The fourth-order valence-corrected chi connectivity index (χ4v) is 3.59. The first-order valence-corrected chi connectivity index (χ1v) is 9.61. The normalized spacial score (nSPS) is 14.2. The SMILES string of the molecule is COc1ccc(C(=C2CCN(CCOCC(=O)O)CC2)c2ccccc2)cc1.Cl. The van der Waals surface area contributed by atoms with Gasteiger partial charge >= 0.3 is 5.97 Å². The molecular weight excluding hydrogens is 390 g/mol. The van der Waals surface area contributed by atoms with E-state index in [1.165, 1.54) is 22.3 Å². The Balaban J connectivity index is 0.00000300. The Bertz CT molecular complexity index is 795. The number of benzene rings is 2. The van der Waals surface area contributed by atoms with Crippen LogP contribution in [-0.2, 0) is 9.53 Å². The van der Waals surface area contributed by atoms with Gasteiger partial charge in [0.15, 0.2) is 0 Å². The third-order valence-corrected chi connectivity index (χ3v) is 5.03. The van der Waals surface area contributed by atoms with Crippen molar-refractivity contribution in [1.29, 1.82) is 0 Å². The Labute approximate surface area is 178 Å². The number of likely N-dealkylation sites (tertiary alicyclic amines) is 1. The average Bonchev–Trinajstić information content (AvgIpc) is 2.74. The zero-order valence-electron chi connectivity index (χ0n) is 16.7. The van der Waals surface area contributed by atoms with E-state index in [0.29, 0.717) is 6.61 Å². The zero-order valence-corrected chi connectivity index (χ0v) is 17.5. The first kappa shape index (κ1) is 22.9. The number of carboxylic acid groups (broad SMARTS) is 1. The highest BCUT2D eigenvalue weighted by Gasteiger charge is 2.19. The Morgan fingerprint density at radius 3 is 2.21 bits per heavy atom. The highest BCUT2D eigenvalue weighted by molar-refractivity contribution is 5.85. The van der Waals surface area contributed by atoms with Gasteiger partial charge in [-0.2, -0.15) is 0 Å². The standard InChI is InChI=1S/C23H27NO4.ClH/c1-27-21-9-7-19(8-10-21)23(18-5-3-2-4-6-18)20-11-13-24(14-12-20)15-16-28-17-22(25)26;/h2-10H,11-17H2,1H3,(H,25,26);1H. The number of carboxylic acids is 1. The third-order valence-electron chi connectivity index (χ3n) is 5.03. The first-order chi connectivity index (χ1) is 13.7. The van der Waals surface area contributed by atoms with Crippen molar-refractivity contribution >= 4 is 23.9 Å². The van der Waals surface area contributed by atoms with Crippen LogP contribution in [0, 0.1) is 0 Å². The van der Waals surface area contributed by atoms with E-state index in [2.05, 4.69) is 41.3 Å². The summed E-state index contributed by atoms with van der Waals surface area (Å²) in [6.45, 7) is 2.91. The Hall–Kier alpha value is -2.34. The van der Waals surface area contributed by atoms with E-state index in [0.717, 1.165) is 38.2 Å². The number of carbonyl (C=O) groups is 1. The average molecular weight is 418 g/mol. The van der Waals surface area contributed by atoms with Crippen molar-refractivity contribution in [2.75, 3.05) is 40.0 Å². The van der Waals surface area contributed by atoms with Crippen LogP contribution in [0.4, 0.5) is 0 Å². The summed E-state index contributed by atoms with van der Waals surface area (Å²) in [5.41, 5.74) is 5.21. The van der Waals surface area contributed by atoms with Crippen molar-refractivity contribution in [3.63, 3.8) is 0 Å². The molecule has 0 amide bonds. The van der Waals surface area contributed by atoms with Crippen LogP contribution in [0.5, 0.6) is 5.75 Å². The zero-order chi connectivity index (χ0) is 19.8. The number of ether oxygens (including phenoxy) is 2. The minimum atomic E-state index is -0.921. The lowest BCUT2D eigenvalue weighted by molar-refractivity contribution is -0.142. The number of piperidine rings is 1. The molecule has 3 rings (SSSR count). The fraction of sp³-hybridized carbons (Fsp3) is 0.348. The second-order valence-corrected chi connectivity index (χ2v) is 6.86. The van der Waals surface area contributed by atoms with Gasteiger partial charge in [0.1, 0.15) is 12.4 Å². The van der Waals surface area contributed by atoms with E-state index >= 15 is 0 Å². The Kier molecular flexibility index (Phi) is 9.19. The van der Waals surface area contributed by atoms with Crippen LogP contribution in [-0.4, -0.2) is 55.9 Å². The molecule has 1 heterocycles. The molecule has 1 saturated heterocycles. The smallest absolute Gasteiger partial charge is 0.329 e. The van der Waals surface area contributed by atoms with Gasteiger partial charge in [-0.15, -0.1) is 12.4 Å². The number of methoxy groups -OCH3 is 1. The topological polar surface area (TPSA) is 59.0 Å². The monoisotopic (exact) mass is 417 g/mol. The molecule has 1 N–H and O–H groups in total. The third kappa shape index (κ3) is 6.60. The molecule has 0 radical (unpaired) electrons. The van der Waals surface area contributed by atoms with Crippen molar-refractivity contribution in [2.24, 2.45) is 0 Å². The quantitative estimate of drug-likeness (QED) is 0.655. The predicted molar refractivity (Wildman–Crippen MR) is 117 cm³/mol. The molecule has 0 aliphatic carbocycles. The molecule has 1 aliphatic rings. The lowest BCUT2D eigenvalue weighted by atomic mass is 9.88. The minimum absolute atomic E-state index is 0. The van der Waals surface area contributed by atoms with Crippen molar-refractivity contribution in [1.82, 2.24) is 4.90 Å². The molecule has 0 saturated carbocycles. The molecule has 6 heteroatoms. The number of aliphatic carboxylic acids is 1. The summed E-state index contributed by atoms with van der Waals surface area (Å²) in [6, 6.07) is 18.8. The van der Waals surface area contributed by atoms with E-state index in [9.17, 15) is 4.79 Å². The molecule has 156 valence electrons. The number of nitrogens with zero attached hydrogens (tertiary/aromatic N) is 1. The number of hydrogen-bond donors (Lipinski definition) is 1. The number of halogens is 1. The molecule has 0 spiro atoms. The largest absolute Gasteiger partial charge is 0.497 e. The molecule has 0 unspecified atom stereocenters. The van der Waals surface area contributed by atoms with Gasteiger partial charge in [0.25, 0.3) is 0 Å². The van der Waals surface area contributed by atoms with Crippen molar-refractivity contribution < 1.29 is 19.4 Å². The van der Waals surface area contributed by atoms with Gasteiger partial charge in [-0.3, -0.25) is 0 Å². The summed E-state index contributed by atoms with van der Waals surface area (Å²) >= 11 is 0. The van der Waals surface area contributed by atoms with Gasteiger partial charge in [0, 0.05) is 19.6 Å². The summed E-state index contributed by atoms with van der Waals surface area (Å²) < 4.78 is 10.5. The fourth-order valence-electron chi connectivity index (χ4n) is 3.59. The van der Waals surface area contributed by atoms with Crippen LogP contribution in [0.3, 0.4) is 0 Å². The lowest BCUT2D eigenvalue weighted by Gasteiger charge is -2.30. The molecule has 29 heavy (non-hydrogen) atoms. The minimum Gasteiger partial charge on any atom is -0.497 e. The van der Waals surface area contributed by atoms with Crippen LogP contribution < -0.4 is 4.74 Å². The predicted octanol–water partition coefficient (Wildman–Crippen LogP) is 4.12. The summed E-state index contributed by atoms with van der Waals surface area (Å²) in [6.07, 6.45) is 1.99. The van der Waals surface area contributed by atoms with Crippen molar-refractivity contribution in [3.05, 3.63) is 71.3 Å². The van der Waals surface area contributed by atoms with E-state index in [4.69, 9.17) is 14.6 Å². The highest BCUT2D eigenvalue weighted by Crippen LogP contribution is 2.33. The molecule has 0 atom stereocenters. The maximum Gasteiger partial charge on any atom is 0.329 e. The van der Waals surface area contributed by atoms with Gasteiger partial charge < -0.3 is 19.5 Å².